The molecule has 0 spiro atoms. The molecule has 0 radical (unpaired) electrons. The van der Waals surface area contributed by atoms with Crippen LogP contribution in [0.2, 0.25) is 0 Å². The van der Waals surface area contributed by atoms with Crippen LogP contribution in [-0.4, -0.2) is 28.6 Å². The molecule has 172 valence electrons. The molecule has 0 saturated carbocycles. The molecule has 10 heteroatoms. The molecule has 0 bridgehead atoms. The summed E-state index contributed by atoms with van der Waals surface area (Å²) in [5.41, 5.74) is 2.57. The lowest BCUT2D eigenvalue weighted by atomic mass is 9.92. The number of allylic oxidation sites excluding steroid dienone is 1. The molecule has 4 N–H and O–H groups in total. The zero-order valence-corrected chi connectivity index (χ0v) is 21.5. The Bertz CT molecular complexity index is 970. The quantitative estimate of drug-likeness (QED) is 0.117. The monoisotopic (exact) mass is 586 g/mol. The highest BCUT2D eigenvalue weighted by atomic mass is 79.9. The summed E-state index contributed by atoms with van der Waals surface area (Å²) in [6.07, 6.45) is 4.46. The van der Waals surface area contributed by atoms with Crippen molar-refractivity contribution in [3.63, 3.8) is 0 Å². The van der Waals surface area contributed by atoms with Crippen LogP contribution in [0.1, 0.15) is 31.4 Å². The molecule has 2 aromatic carbocycles. The molecule has 2 amide bonds. The molecule has 0 heterocycles. The Morgan fingerprint density at radius 1 is 1.22 bits per heavy atom. The second-order valence-electron chi connectivity index (χ2n) is 6.94. The Kier molecular flexibility index (Phi) is 10.6. The maximum atomic E-state index is 12.7. The van der Waals surface area contributed by atoms with Crippen molar-refractivity contribution >= 4 is 61.3 Å². The fourth-order valence-electron chi connectivity index (χ4n) is 2.96. The van der Waals surface area contributed by atoms with Crippen LogP contribution in [0.25, 0.3) is 0 Å². The van der Waals surface area contributed by atoms with E-state index in [1.54, 1.807) is 42.1 Å². The molecule has 0 aliphatic carbocycles. The van der Waals surface area contributed by atoms with Crippen LogP contribution < -0.4 is 10.8 Å². The van der Waals surface area contributed by atoms with E-state index in [1.807, 2.05) is 25.3 Å². The third-order valence-electron chi connectivity index (χ3n) is 4.62. The van der Waals surface area contributed by atoms with Gasteiger partial charge in [0.2, 0.25) is 0 Å². The first-order valence-corrected chi connectivity index (χ1v) is 12.5. The van der Waals surface area contributed by atoms with E-state index in [-0.39, 0.29) is 11.7 Å². The molecule has 0 unspecified atom stereocenters. The van der Waals surface area contributed by atoms with E-state index in [9.17, 15) is 14.7 Å². The van der Waals surface area contributed by atoms with E-state index in [4.69, 9.17) is 9.94 Å². The molecule has 2 aromatic rings. The van der Waals surface area contributed by atoms with Crippen molar-refractivity contribution in [2.45, 2.75) is 30.8 Å². The van der Waals surface area contributed by atoms with Crippen molar-refractivity contribution in [3.8, 4) is 5.75 Å². The number of hydrogen-bond donors (Lipinski definition) is 4. The van der Waals surface area contributed by atoms with Gasteiger partial charge in [0.15, 0.2) is 0 Å². The minimum absolute atomic E-state index is 0.0163. The Morgan fingerprint density at radius 2 is 1.91 bits per heavy atom. The van der Waals surface area contributed by atoms with E-state index < -0.39 is 18.1 Å². The number of phenols is 1. The van der Waals surface area contributed by atoms with Gasteiger partial charge in [-0.25, -0.2) is 10.3 Å². The summed E-state index contributed by atoms with van der Waals surface area (Å²) in [6.45, 7) is 1.89. The fourth-order valence-corrected chi connectivity index (χ4v) is 4.63. The Morgan fingerprint density at radius 3 is 2.53 bits per heavy atom. The molecular weight excluding hydrogens is 564 g/mol. The molecule has 0 aliphatic rings. The average Bonchev–Trinajstić information content (AvgIpc) is 2.77. The first-order chi connectivity index (χ1) is 15.2. The van der Waals surface area contributed by atoms with Gasteiger partial charge in [0.1, 0.15) is 11.9 Å². The number of halogens is 2. The summed E-state index contributed by atoms with van der Waals surface area (Å²) < 4.78 is 6.93. The zero-order valence-electron chi connectivity index (χ0n) is 17.5. The number of benzene rings is 2. The van der Waals surface area contributed by atoms with Gasteiger partial charge >= 0.3 is 6.09 Å². The number of phenolic OH excluding ortho intramolecular Hbond substituents is 1. The number of amides is 2. The molecule has 0 aliphatic heterocycles. The minimum atomic E-state index is -0.755. The van der Waals surface area contributed by atoms with E-state index in [1.165, 1.54) is 11.6 Å². The third kappa shape index (κ3) is 7.84. The summed E-state index contributed by atoms with van der Waals surface area (Å²) in [4.78, 5) is 24.8. The third-order valence-corrected chi connectivity index (χ3v) is 6.43. The van der Waals surface area contributed by atoms with Gasteiger partial charge in [0.25, 0.3) is 5.91 Å². The fraction of sp³-hybridized carbons (Fsp3) is 0.273. The van der Waals surface area contributed by atoms with Crippen molar-refractivity contribution in [2.75, 3.05) is 11.6 Å². The van der Waals surface area contributed by atoms with Crippen molar-refractivity contribution < 1.29 is 24.6 Å². The maximum absolute atomic E-state index is 12.7. The molecule has 0 fully saturated rings. The standard InChI is InChI=1S/C22H24Br2N2O5S/c1-13(5-3-4-6-19(27)26-30)21(17-11-14(23)12-18(24)20(17)28)31-22(29)25-15-7-9-16(32-2)10-8-15/h4,6-13,21,28,30H,3,5H2,1-2H3,(H,25,29)(H,26,27)/b6-4+/t13-,21-/m0/s1. The van der Waals surface area contributed by atoms with Crippen molar-refractivity contribution in [1.29, 1.82) is 0 Å². The highest BCUT2D eigenvalue weighted by molar-refractivity contribution is 9.11. The lowest BCUT2D eigenvalue weighted by Gasteiger charge is -2.26. The van der Waals surface area contributed by atoms with Gasteiger partial charge < -0.3 is 9.84 Å². The summed E-state index contributed by atoms with van der Waals surface area (Å²) in [7, 11) is 0. The number of carbonyl (C=O) groups excluding carboxylic acids is 2. The normalized spacial score (nSPS) is 12.9. The topological polar surface area (TPSA) is 108 Å². The highest BCUT2D eigenvalue weighted by Gasteiger charge is 2.27. The predicted molar refractivity (Wildman–Crippen MR) is 132 cm³/mol. The number of aromatic hydroxyl groups is 1. The number of ether oxygens (including phenoxy) is 1. The second-order valence-corrected chi connectivity index (χ2v) is 9.59. The van der Waals surface area contributed by atoms with Gasteiger partial charge in [0.05, 0.1) is 4.47 Å². The number of rotatable bonds is 9. The molecule has 2 rings (SSSR count). The Labute approximate surface area is 207 Å². The van der Waals surface area contributed by atoms with Crippen LogP contribution in [0, 0.1) is 5.92 Å². The van der Waals surface area contributed by atoms with Gasteiger partial charge in [0, 0.05) is 26.7 Å². The van der Waals surface area contributed by atoms with Crippen LogP contribution in [0.4, 0.5) is 10.5 Å². The summed E-state index contributed by atoms with van der Waals surface area (Å²) in [6, 6.07) is 10.8. The molecule has 7 nitrogen and oxygen atoms in total. The number of carbonyl (C=O) groups is 2. The van der Waals surface area contributed by atoms with Crippen LogP contribution in [0.3, 0.4) is 0 Å². The van der Waals surface area contributed by atoms with Crippen molar-refractivity contribution in [2.24, 2.45) is 5.92 Å². The number of thioether (sulfide) groups is 1. The molecular formula is C22H24Br2N2O5S. The smallest absolute Gasteiger partial charge is 0.412 e. The maximum Gasteiger partial charge on any atom is 0.412 e. The van der Waals surface area contributed by atoms with Crippen LogP contribution in [0.15, 0.2) is 62.4 Å². The van der Waals surface area contributed by atoms with Crippen molar-refractivity contribution in [3.05, 3.63) is 63.1 Å². The largest absolute Gasteiger partial charge is 0.506 e. The minimum Gasteiger partial charge on any atom is -0.506 e. The molecule has 2 atom stereocenters. The first kappa shape index (κ1) is 26.2. The number of anilines is 1. The van der Waals surface area contributed by atoms with E-state index in [0.717, 1.165) is 4.90 Å². The number of hydroxylamine groups is 1. The van der Waals surface area contributed by atoms with Gasteiger partial charge in [-0.2, -0.15) is 0 Å². The average molecular weight is 588 g/mol. The number of nitrogens with one attached hydrogen (secondary N) is 2. The van der Waals surface area contributed by atoms with E-state index in [2.05, 4.69) is 37.2 Å². The Balaban J connectivity index is 2.20. The van der Waals surface area contributed by atoms with E-state index in [0.29, 0.717) is 33.0 Å². The second kappa shape index (κ2) is 12.9. The molecule has 32 heavy (non-hydrogen) atoms. The SMILES string of the molecule is CSc1ccc(NC(=O)O[C@H](c2cc(Br)cc(Br)c2O)[C@@H](C)CC/C=C/C(=O)NO)cc1. The van der Waals surface area contributed by atoms with Crippen LogP contribution >= 0.6 is 43.6 Å². The van der Waals surface area contributed by atoms with Gasteiger partial charge in [-0.05, 0) is 77.3 Å². The van der Waals surface area contributed by atoms with E-state index >= 15 is 0 Å². The van der Waals surface area contributed by atoms with Gasteiger partial charge in [-0.1, -0.05) is 28.9 Å². The lowest BCUT2D eigenvalue weighted by Crippen LogP contribution is -2.22. The van der Waals surface area contributed by atoms with Crippen molar-refractivity contribution in [1.82, 2.24) is 5.48 Å². The highest BCUT2D eigenvalue weighted by Crippen LogP contribution is 2.40. The van der Waals surface area contributed by atoms with Gasteiger partial charge in [-0.3, -0.25) is 15.3 Å². The summed E-state index contributed by atoms with van der Waals surface area (Å²) >= 11 is 8.33. The first-order valence-electron chi connectivity index (χ1n) is 9.65. The zero-order chi connectivity index (χ0) is 23.7. The molecule has 0 aromatic heterocycles. The summed E-state index contributed by atoms with van der Waals surface area (Å²) in [5, 5.41) is 21.9. The van der Waals surface area contributed by atoms with Crippen LogP contribution in [-0.2, 0) is 9.53 Å². The number of hydrogen-bond acceptors (Lipinski definition) is 6. The Hall–Kier alpha value is -2.01. The lowest BCUT2D eigenvalue weighted by molar-refractivity contribution is -0.124. The predicted octanol–water partition coefficient (Wildman–Crippen LogP) is 6.41. The van der Waals surface area contributed by atoms with Crippen LogP contribution in [0.5, 0.6) is 5.75 Å². The summed E-state index contributed by atoms with van der Waals surface area (Å²) in [5.74, 6) is -0.836. The van der Waals surface area contributed by atoms with Gasteiger partial charge in [-0.15, -0.1) is 11.8 Å². The molecule has 0 saturated heterocycles.